The van der Waals surface area contributed by atoms with Crippen LogP contribution in [0.15, 0.2) is 66.4 Å². The molecule has 1 atom stereocenters. The minimum absolute atomic E-state index is 0.0584. The van der Waals surface area contributed by atoms with Crippen LogP contribution in [0, 0.1) is 0 Å². The molecule has 3 aromatic heterocycles. The van der Waals surface area contributed by atoms with Gasteiger partial charge in [0.05, 0.1) is 29.5 Å². The molecule has 27 heavy (non-hydrogen) atoms. The number of thiazole rings is 1. The maximum absolute atomic E-state index is 4.87. The predicted octanol–water partition coefficient (Wildman–Crippen LogP) is 4.08. The zero-order valence-electron chi connectivity index (χ0n) is 14.7. The van der Waals surface area contributed by atoms with E-state index >= 15 is 0 Å². The van der Waals surface area contributed by atoms with Crippen molar-refractivity contribution in [2.24, 2.45) is 0 Å². The average Bonchev–Trinajstić information content (AvgIpc) is 3.39. The molecule has 0 saturated carbocycles. The smallest absolute Gasteiger partial charge is 0.123 e. The molecule has 0 amide bonds. The van der Waals surface area contributed by atoms with Gasteiger partial charge >= 0.3 is 0 Å². The Morgan fingerprint density at radius 2 is 1.96 bits per heavy atom. The molecule has 0 unspecified atom stereocenters. The first-order chi connectivity index (χ1) is 13.4. The number of benzene rings is 1. The predicted molar refractivity (Wildman–Crippen MR) is 106 cm³/mol. The lowest BCUT2D eigenvalue weighted by atomic mass is 9.99. The topological polar surface area (TPSA) is 57.7 Å². The molecule has 4 aromatic rings. The van der Waals surface area contributed by atoms with Gasteiger partial charge in [-0.05, 0) is 12.1 Å². The normalized spacial score (nSPS) is 17.0. The molecule has 0 saturated heterocycles. The first kappa shape index (κ1) is 16.4. The number of rotatable bonds is 4. The minimum atomic E-state index is 0.0584. The van der Waals surface area contributed by atoms with E-state index in [2.05, 4.69) is 55.6 Å². The number of pyridine rings is 1. The summed E-state index contributed by atoms with van der Waals surface area (Å²) in [6.45, 7) is 1.74. The van der Waals surface area contributed by atoms with Crippen LogP contribution >= 0.6 is 11.3 Å². The van der Waals surface area contributed by atoms with Gasteiger partial charge in [-0.1, -0.05) is 36.4 Å². The molecule has 0 spiro atoms. The SMILES string of the molecule is c1ccc(-c2nc(CN3CCc4[nH]cnc4[C@H]3c3ccccn3)cs2)cc1. The summed E-state index contributed by atoms with van der Waals surface area (Å²) >= 11 is 1.70. The molecule has 0 aliphatic carbocycles. The number of hydrogen-bond donors (Lipinski definition) is 1. The summed E-state index contributed by atoms with van der Waals surface area (Å²) in [5, 5.41) is 3.23. The molecule has 1 aliphatic heterocycles. The van der Waals surface area contributed by atoms with Crippen molar-refractivity contribution in [1.29, 1.82) is 0 Å². The van der Waals surface area contributed by atoms with Crippen molar-refractivity contribution in [3.05, 3.63) is 89.2 Å². The Morgan fingerprint density at radius 1 is 1.07 bits per heavy atom. The fourth-order valence-corrected chi connectivity index (χ4v) is 4.48. The van der Waals surface area contributed by atoms with Crippen molar-refractivity contribution in [1.82, 2.24) is 24.8 Å². The van der Waals surface area contributed by atoms with Gasteiger partial charge in [-0.3, -0.25) is 9.88 Å². The molecule has 0 fully saturated rings. The number of fused-ring (bicyclic) bond motifs is 1. The number of aromatic nitrogens is 4. The summed E-state index contributed by atoms with van der Waals surface area (Å²) in [6, 6.07) is 16.5. The van der Waals surface area contributed by atoms with Gasteiger partial charge in [0.25, 0.3) is 0 Å². The molecule has 5 nitrogen and oxygen atoms in total. The van der Waals surface area contributed by atoms with Crippen molar-refractivity contribution in [3.63, 3.8) is 0 Å². The van der Waals surface area contributed by atoms with E-state index in [9.17, 15) is 0 Å². The lowest BCUT2D eigenvalue weighted by Crippen LogP contribution is -2.36. The first-order valence-electron chi connectivity index (χ1n) is 9.05. The molecule has 134 valence electrons. The second-order valence-corrected chi connectivity index (χ2v) is 7.51. The standard InChI is InChI=1S/C21H19N5S/c1-2-6-15(7-3-1)21-25-16(13-27-21)12-26-11-9-17-19(24-14-23-17)20(26)18-8-4-5-10-22-18/h1-8,10,13-14,20H,9,11-12H2,(H,23,24)/t20-/m1/s1. The molecule has 1 aliphatic rings. The largest absolute Gasteiger partial charge is 0.348 e. The molecule has 4 heterocycles. The lowest BCUT2D eigenvalue weighted by Gasteiger charge is -2.34. The van der Waals surface area contributed by atoms with Gasteiger partial charge in [0.1, 0.15) is 5.01 Å². The van der Waals surface area contributed by atoms with Crippen LogP contribution in [0.1, 0.15) is 28.8 Å². The number of nitrogens with zero attached hydrogens (tertiary/aromatic N) is 4. The van der Waals surface area contributed by atoms with Crippen molar-refractivity contribution >= 4 is 11.3 Å². The summed E-state index contributed by atoms with van der Waals surface area (Å²) in [4.78, 5) is 19.8. The summed E-state index contributed by atoms with van der Waals surface area (Å²) in [7, 11) is 0. The first-order valence-corrected chi connectivity index (χ1v) is 9.93. The van der Waals surface area contributed by atoms with E-state index in [0.717, 1.165) is 41.6 Å². The monoisotopic (exact) mass is 373 g/mol. The van der Waals surface area contributed by atoms with E-state index in [0.29, 0.717) is 0 Å². The van der Waals surface area contributed by atoms with E-state index in [1.807, 2.05) is 24.4 Å². The molecule has 6 heteroatoms. The van der Waals surface area contributed by atoms with E-state index in [4.69, 9.17) is 4.98 Å². The second kappa shape index (κ2) is 7.06. The Morgan fingerprint density at radius 3 is 2.81 bits per heavy atom. The summed E-state index contributed by atoms with van der Waals surface area (Å²) in [5.41, 5.74) is 5.59. The highest BCUT2D eigenvalue weighted by Gasteiger charge is 2.32. The lowest BCUT2D eigenvalue weighted by molar-refractivity contribution is 0.195. The van der Waals surface area contributed by atoms with Gasteiger partial charge in [0.15, 0.2) is 0 Å². The van der Waals surface area contributed by atoms with E-state index in [1.165, 1.54) is 11.3 Å². The summed E-state index contributed by atoms with van der Waals surface area (Å²) in [5.74, 6) is 0. The number of aromatic amines is 1. The Hall–Kier alpha value is -2.83. The second-order valence-electron chi connectivity index (χ2n) is 6.65. The van der Waals surface area contributed by atoms with Gasteiger partial charge in [0, 0.05) is 42.3 Å². The number of hydrogen-bond acceptors (Lipinski definition) is 5. The van der Waals surface area contributed by atoms with Crippen LogP contribution in [0.3, 0.4) is 0 Å². The highest BCUT2D eigenvalue weighted by atomic mass is 32.1. The van der Waals surface area contributed by atoms with Crippen molar-refractivity contribution in [2.75, 3.05) is 6.54 Å². The van der Waals surface area contributed by atoms with E-state index in [-0.39, 0.29) is 6.04 Å². The zero-order chi connectivity index (χ0) is 18.1. The Labute approximate surface area is 161 Å². The minimum Gasteiger partial charge on any atom is -0.348 e. The van der Waals surface area contributed by atoms with Crippen molar-refractivity contribution in [2.45, 2.75) is 19.0 Å². The Kier molecular flexibility index (Phi) is 4.27. The maximum atomic E-state index is 4.87. The van der Waals surface area contributed by atoms with Gasteiger partial charge in [-0.25, -0.2) is 9.97 Å². The third-order valence-corrected chi connectivity index (χ3v) is 5.87. The molecular weight excluding hydrogens is 354 g/mol. The summed E-state index contributed by atoms with van der Waals surface area (Å²) in [6.07, 6.45) is 4.61. The van der Waals surface area contributed by atoms with Gasteiger partial charge in [-0.2, -0.15) is 0 Å². The molecular formula is C21H19N5S. The van der Waals surface area contributed by atoms with Crippen LogP contribution in [0.2, 0.25) is 0 Å². The van der Waals surface area contributed by atoms with Crippen LogP contribution in [0.5, 0.6) is 0 Å². The Balaban J connectivity index is 1.45. The molecule has 0 radical (unpaired) electrons. The molecule has 1 aromatic carbocycles. The van der Waals surface area contributed by atoms with E-state index < -0.39 is 0 Å². The summed E-state index contributed by atoms with van der Waals surface area (Å²) < 4.78 is 0. The zero-order valence-corrected chi connectivity index (χ0v) is 15.6. The molecule has 5 rings (SSSR count). The maximum Gasteiger partial charge on any atom is 0.123 e. The van der Waals surface area contributed by atoms with Crippen LogP contribution in [0.4, 0.5) is 0 Å². The third kappa shape index (κ3) is 3.18. The average molecular weight is 373 g/mol. The highest BCUT2D eigenvalue weighted by molar-refractivity contribution is 7.13. The van der Waals surface area contributed by atoms with Crippen LogP contribution < -0.4 is 0 Å². The quantitative estimate of drug-likeness (QED) is 0.586. The number of imidazole rings is 1. The number of nitrogens with one attached hydrogen (secondary N) is 1. The molecule has 1 N–H and O–H groups in total. The van der Waals surface area contributed by atoms with Crippen molar-refractivity contribution in [3.8, 4) is 10.6 Å². The van der Waals surface area contributed by atoms with Gasteiger partial charge < -0.3 is 4.98 Å². The van der Waals surface area contributed by atoms with Crippen LogP contribution in [0.25, 0.3) is 10.6 Å². The fraction of sp³-hybridized carbons (Fsp3) is 0.190. The van der Waals surface area contributed by atoms with E-state index in [1.54, 1.807) is 17.7 Å². The van der Waals surface area contributed by atoms with Gasteiger partial charge in [0.2, 0.25) is 0 Å². The third-order valence-electron chi connectivity index (χ3n) is 4.93. The fourth-order valence-electron chi connectivity index (χ4n) is 3.66. The van der Waals surface area contributed by atoms with Gasteiger partial charge in [-0.15, -0.1) is 11.3 Å². The highest BCUT2D eigenvalue weighted by Crippen LogP contribution is 2.34. The number of H-pyrrole nitrogens is 1. The van der Waals surface area contributed by atoms with Crippen LogP contribution in [-0.4, -0.2) is 31.4 Å². The van der Waals surface area contributed by atoms with Crippen molar-refractivity contribution < 1.29 is 0 Å². The molecule has 0 bridgehead atoms. The Bertz CT molecular complexity index is 1020. The van der Waals surface area contributed by atoms with Crippen LogP contribution in [-0.2, 0) is 13.0 Å².